The molecule has 0 aliphatic carbocycles. The van der Waals surface area contributed by atoms with Crippen molar-refractivity contribution in [2.45, 2.75) is 63.8 Å². The molecule has 0 spiro atoms. The maximum atomic E-state index is 10.6. The maximum Gasteiger partial charge on any atom is 0.167 e. The molecule has 0 amide bonds. The predicted molar refractivity (Wildman–Crippen MR) is 81.0 cm³/mol. The fourth-order valence-electron chi connectivity index (χ4n) is 2.91. The summed E-state index contributed by atoms with van der Waals surface area (Å²) in [7, 11) is 4.03. The summed E-state index contributed by atoms with van der Waals surface area (Å²) >= 11 is 0. The molecule has 1 N–H and O–H groups in total. The first-order chi connectivity index (χ1) is 10.0. The quantitative estimate of drug-likeness (QED) is 0.837. The summed E-state index contributed by atoms with van der Waals surface area (Å²) in [6.07, 6.45) is 8.04. The maximum absolute atomic E-state index is 10.6. The largest absolute Gasteiger partial charge is 0.365 e. The number of rotatable bonds is 7. The summed E-state index contributed by atoms with van der Waals surface area (Å²) in [6.45, 7) is 2.92. The standard InChI is InChI=1S/C16H28N2O3/c1-4-15-13(12-20-17-15)7-8-14-6-5-9-16(19,21-14)10-11-18(2)3/h12,14,19H,4-11H2,1-3H3. The van der Waals surface area contributed by atoms with Gasteiger partial charge in [0.1, 0.15) is 6.26 Å². The van der Waals surface area contributed by atoms with Gasteiger partial charge in [-0.05, 0) is 46.2 Å². The summed E-state index contributed by atoms with van der Waals surface area (Å²) in [5.74, 6) is -0.949. The number of hydrogen-bond acceptors (Lipinski definition) is 5. The van der Waals surface area contributed by atoms with Gasteiger partial charge in [0.05, 0.1) is 11.8 Å². The number of aliphatic hydroxyl groups is 1. The first kappa shape index (κ1) is 16.5. The highest BCUT2D eigenvalue weighted by Crippen LogP contribution is 2.31. The number of aromatic nitrogens is 1. The lowest BCUT2D eigenvalue weighted by Crippen LogP contribution is -2.42. The van der Waals surface area contributed by atoms with Crippen LogP contribution >= 0.6 is 0 Å². The molecule has 2 rings (SSSR count). The lowest BCUT2D eigenvalue weighted by atomic mass is 9.95. The Morgan fingerprint density at radius 1 is 1.48 bits per heavy atom. The van der Waals surface area contributed by atoms with Crippen LogP contribution in [0.4, 0.5) is 0 Å². The molecule has 1 aliphatic heterocycles. The van der Waals surface area contributed by atoms with E-state index in [0.717, 1.165) is 50.8 Å². The van der Waals surface area contributed by atoms with Crippen LogP contribution in [0.1, 0.15) is 50.3 Å². The molecule has 0 aromatic carbocycles. The zero-order valence-corrected chi connectivity index (χ0v) is 13.5. The van der Waals surface area contributed by atoms with Gasteiger partial charge in [0.15, 0.2) is 5.79 Å². The summed E-state index contributed by atoms with van der Waals surface area (Å²) in [5.41, 5.74) is 2.21. The van der Waals surface area contributed by atoms with Gasteiger partial charge >= 0.3 is 0 Å². The number of nitrogens with zero attached hydrogens (tertiary/aromatic N) is 2. The third-order valence-corrected chi connectivity index (χ3v) is 4.23. The van der Waals surface area contributed by atoms with Gasteiger partial charge in [0.2, 0.25) is 0 Å². The van der Waals surface area contributed by atoms with E-state index in [1.807, 2.05) is 14.1 Å². The smallest absolute Gasteiger partial charge is 0.167 e. The van der Waals surface area contributed by atoms with Gasteiger partial charge in [-0.3, -0.25) is 0 Å². The molecule has 2 atom stereocenters. The summed E-state index contributed by atoms with van der Waals surface area (Å²) in [5, 5.41) is 14.6. The molecular formula is C16H28N2O3. The molecule has 0 saturated carbocycles. The van der Waals surface area contributed by atoms with Gasteiger partial charge in [-0.25, -0.2) is 0 Å². The van der Waals surface area contributed by atoms with Crippen molar-refractivity contribution in [3.05, 3.63) is 17.5 Å². The Balaban J connectivity index is 1.83. The van der Waals surface area contributed by atoms with Gasteiger partial charge in [-0.1, -0.05) is 12.1 Å². The van der Waals surface area contributed by atoms with E-state index in [2.05, 4.69) is 17.0 Å². The van der Waals surface area contributed by atoms with Crippen LogP contribution in [0, 0.1) is 0 Å². The van der Waals surface area contributed by atoms with E-state index in [4.69, 9.17) is 9.26 Å². The Bertz CT molecular complexity index is 433. The Kier molecular flexibility index (Phi) is 5.79. The van der Waals surface area contributed by atoms with Crippen molar-refractivity contribution >= 4 is 0 Å². The molecule has 1 fully saturated rings. The molecule has 5 nitrogen and oxygen atoms in total. The van der Waals surface area contributed by atoms with E-state index in [1.165, 1.54) is 5.56 Å². The number of ether oxygens (including phenoxy) is 1. The molecule has 2 heterocycles. The van der Waals surface area contributed by atoms with Crippen molar-refractivity contribution in [1.29, 1.82) is 0 Å². The van der Waals surface area contributed by atoms with E-state index in [9.17, 15) is 5.11 Å². The highest BCUT2D eigenvalue weighted by molar-refractivity contribution is 5.14. The average molecular weight is 296 g/mol. The number of hydrogen-bond donors (Lipinski definition) is 1. The monoisotopic (exact) mass is 296 g/mol. The third-order valence-electron chi connectivity index (χ3n) is 4.23. The van der Waals surface area contributed by atoms with Crippen LogP contribution in [-0.4, -0.2) is 47.7 Å². The minimum Gasteiger partial charge on any atom is -0.365 e. The first-order valence-electron chi connectivity index (χ1n) is 7.99. The minimum atomic E-state index is -0.949. The Labute approximate surface area is 127 Å². The van der Waals surface area contributed by atoms with Gasteiger partial charge in [0.25, 0.3) is 0 Å². The van der Waals surface area contributed by atoms with Gasteiger partial charge in [-0.2, -0.15) is 0 Å². The molecule has 5 heteroatoms. The van der Waals surface area contributed by atoms with Crippen LogP contribution in [0.2, 0.25) is 0 Å². The molecule has 21 heavy (non-hydrogen) atoms. The second kappa shape index (κ2) is 7.38. The minimum absolute atomic E-state index is 0.130. The van der Waals surface area contributed by atoms with Crippen molar-refractivity contribution in [3.8, 4) is 0 Å². The van der Waals surface area contributed by atoms with Crippen molar-refractivity contribution < 1.29 is 14.4 Å². The second-order valence-corrected chi connectivity index (χ2v) is 6.31. The molecule has 1 aromatic heterocycles. The normalized spacial score (nSPS) is 26.4. The lowest BCUT2D eigenvalue weighted by molar-refractivity contribution is -0.258. The van der Waals surface area contributed by atoms with Crippen LogP contribution in [-0.2, 0) is 17.6 Å². The van der Waals surface area contributed by atoms with E-state index >= 15 is 0 Å². The molecule has 1 saturated heterocycles. The van der Waals surface area contributed by atoms with Gasteiger partial charge < -0.3 is 19.3 Å². The van der Waals surface area contributed by atoms with Crippen LogP contribution in [0.3, 0.4) is 0 Å². The van der Waals surface area contributed by atoms with Crippen LogP contribution in [0.5, 0.6) is 0 Å². The highest BCUT2D eigenvalue weighted by Gasteiger charge is 2.34. The molecule has 1 aromatic rings. The first-order valence-corrected chi connectivity index (χ1v) is 7.99. The fraction of sp³-hybridized carbons (Fsp3) is 0.812. The van der Waals surface area contributed by atoms with Crippen molar-refractivity contribution in [1.82, 2.24) is 10.1 Å². The van der Waals surface area contributed by atoms with Crippen LogP contribution in [0.15, 0.2) is 10.8 Å². The Hall–Kier alpha value is -0.910. The summed E-state index contributed by atoms with van der Waals surface area (Å²) in [6, 6.07) is 0. The average Bonchev–Trinajstić information content (AvgIpc) is 2.91. The Morgan fingerprint density at radius 3 is 3.00 bits per heavy atom. The van der Waals surface area contributed by atoms with Gasteiger partial charge in [-0.15, -0.1) is 0 Å². The summed E-state index contributed by atoms with van der Waals surface area (Å²) < 4.78 is 11.0. The van der Waals surface area contributed by atoms with Gasteiger partial charge in [0, 0.05) is 24.9 Å². The molecule has 0 radical (unpaired) electrons. The molecule has 120 valence electrons. The molecule has 1 aliphatic rings. The zero-order chi connectivity index (χ0) is 15.3. The number of aryl methyl sites for hydroxylation is 2. The third kappa shape index (κ3) is 4.80. The van der Waals surface area contributed by atoms with E-state index in [-0.39, 0.29) is 6.10 Å². The van der Waals surface area contributed by atoms with Crippen molar-refractivity contribution in [3.63, 3.8) is 0 Å². The van der Waals surface area contributed by atoms with Crippen molar-refractivity contribution in [2.75, 3.05) is 20.6 Å². The SMILES string of the molecule is CCc1nocc1CCC1CCCC(O)(CCN(C)C)O1. The fourth-order valence-corrected chi connectivity index (χ4v) is 2.91. The van der Waals surface area contributed by atoms with Crippen molar-refractivity contribution in [2.24, 2.45) is 0 Å². The highest BCUT2D eigenvalue weighted by atomic mass is 16.6. The topological polar surface area (TPSA) is 58.7 Å². The summed E-state index contributed by atoms with van der Waals surface area (Å²) in [4.78, 5) is 2.08. The molecular weight excluding hydrogens is 268 g/mol. The van der Waals surface area contributed by atoms with Crippen LogP contribution in [0.25, 0.3) is 0 Å². The van der Waals surface area contributed by atoms with E-state index in [1.54, 1.807) is 6.26 Å². The van der Waals surface area contributed by atoms with E-state index < -0.39 is 5.79 Å². The predicted octanol–water partition coefficient (Wildman–Crippen LogP) is 2.38. The van der Waals surface area contributed by atoms with E-state index in [0.29, 0.717) is 6.42 Å². The Morgan fingerprint density at radius 2 is 2.29 bits per heavy atom. The molecule has 0 bridgehead atoms. The second-order valence-electron chi connectivity index (χ2n) is 6.31. The molecule has 2 unspecified atom stereocenters. The lowest BCUT2D eigenvalue weighted by Gasteiger charge is -2.38. The van der Waals surface area contributed by atoms with Crippen LogP contribution < -0.4 is 0 Å². The zero-order valence-electron chi connectivity index (χ0n) is 13.5.